The first-order valence-electron chi connectivity index (χ1n) is 10.1. The van der Waals surface area contributed by atoms with Gasteiger partial charge in [0.25, 0.3) is 10.0 Å². The molecule has 1 spiro atoms. The van der Waals surface area contributed by atoms with Crippen LogP contribution in [0.15, 0.2) is 17.6 Å². The number of sulfonamides is 1. The number of aliphatic carboxylic acids is 2. The predicted molar refractivity (Wildman–Crippen MR) is 109 cm³/mol. The maximum absolute atomic E-state index is 12.6. The number of imidazole rings is 1. The van der Waals surface area contributed by atoms with Crippen LogP contribution in [0.4, 0.5) is 26.3 Å². The number of likely N-dealkylation sites (N-methyl/N-ethyl adjacent to an activating group) is 1. The second kappa shape index (κ2) is 11.7. The second-order valence-electron chi connectivity index (χ2n) is 8.20. The molecule has 1 aromatic rings. The van der Waals surface area contributed by atoms with Crippen LogP contribution >= 0.6 is 0 Å². The van der Waals surface area contributed by atoms with Crippen LogP contribution in [0.1, 0.15) is 19.3 Å². The SMILES string of the molecule is CN(C)C1COC2(CCN(S(=O)(=O)c3cn(C)cn3)CC2)C1.O=C(O)C(F)(F)F.O=C(O)C(F)(F)F. The average Bonchev–Trinajstić information content (AvgIpc) is 3.35. The first-order valence-corrected chi connectivity index (χ1v) is 11.5. The Labute approximate surface area is 202 Å². The number of nitrogens with zero attached hydrogens (tertiary/aromatic N) is 4. The summed E-state index contributed by atoms with van der Waals surface area (Å²) in [6.45, 7) is 1.73. The molecule has 18 heteroatoms. The summed E-state index contributed by atoms with van der Waals surface area (Å²) in [7, 11) is 2.41. The summed E-state index contributed by atoms with van der Waals surface area (Å²) in [6, 6.07) is 0.430. The Balaban J connectivity index is 0.000000383. The van der Waals surface area contributed by atoms with Crippen LogP contribution in [0.3, 0.4) is 0 Å². The molecule has 2 fully saturated rings. The van der Waals surface area contributed by atoms with Gasteiger partial charge < -0.3 is 24.4 Å². The maximum atomic E-state index is 12.6. The maximum Gasteiger partial charge on any atom is 0.490 e. The summed E-state index contributed by atoms with van der Waals surface area (Å²) in [6.07, 6.45) is -4.61. The average molecular weight is 556 g/mol. The third-order valence-electron chi connectivity index (χ3n) is 5.32. The lowest BCUT2D eigenvalue weighted by atomic mass is 9.88. The van der Waals surface area contributed by atoms with Crippen LogP contribution in [0.2, 0.25) is 0 Å². The molecular weight excluding hydrogens is 530 g/mol. The third-order valence-corrected chi connectivity index (χ3v) is 7.11. The lowest BCUT2D eigenvalue weighted by Crippen LogP contribution is -2.46. The Kier molecular flexibility index (Phi) is 10.3. The number of hydrogen-bond acceptors (Lipinski definition) is 7. The lowest BCUT2D eigenvalue weighted by Gasteiger charge is -2.37. The van der Waals surface area contributed by atoms with E-state index in [4.69, 9.17) is 24.5 Å². The van der Waals surface area contributed by atoms with E-state index in [-0.39, 0.29) is 10.6 Å². The zero-order chi connectivity index (χ0) is 28.1. The molecule has 2 saturated heterocycles. The number of hydrogen-bond donors (Lipinski definition) is 2. The summed E-state index contributed by atoms with van der Waals surface area (Å²) >= 11 is 0. The lowest BCUT2D eigenvalue weighted by molar-refractivity contribution is -0.193. The van der Waals surface area contributed by atoms with E-state index in [1.54, 1.807) is 17.8 Å². The smallest absolute Gasteiger partial charge is 0.475 e. The Hall–Kier alpha value is -2.44. The second-order valence-corrected chi connectivity index (χ2v) is 10.1. The van der Waals surface area contributed by atoms with E-state index < -0.39 is 34.3 Å². The van der Waals surface area contributed by atoms with E-state index in [9.17, 15) is 34.8 Å². The van der Waals surface area contributed by atoms with E-state index in [0.29, 0.717) is 19.1 Å². The van der Waals surface area contributed by atoms with Gasteiger partial charge in [0.1, 0.15) is 0 Å². The van der Waals surface area contributed by atoms with Gasteiger partial charge in [-0.15, -0.1) is 0 Å². The van der Waals surface area contributed by atoms with Crippen molar-refractivity contribution >= 4 is 22.0 Å². The highest BCUT2D eigenvalue weighted by molar-refractivity contribution is 7.89. The van der Waals surface area contributed by atoms with Gasteiger partial charge in [-0.25, -0.2) is 23.0 Å². The largest absolute Gasteiger partial charge is 0.490 e. The van der Waals surface area contributed by atoms with Gasteiger partial charge >= 0.3 is 24.3 Å². The number of carboxylic acid groups (broad SMARTS) is 2. The van der Waals surface area contributed by atoms with Crippen molar-refractivity contribution in [1.82, 2.24) is 18.8 Å². The Morgan fingerprint density at radius 1 is 1.08 bits per heavy atom. The Bertz CT molecular complexity index is 978. The van der Waals surface area contributed by atoms with Crippen LogP contribution in [-0.2, 0) is 31.4 Å². The molecule has 3 heterocycles. The van der Waals surface area contributed by atoms with Gasteiger partial charge in [0.15, 0.2) is 5.03 Å². The number of carboxylic acids is 2. The van der Waals surface area contributed by atoms with Gasteiger partial charge in [0.2, 0.25) is 0 Å². The summed E-state index contributed by atoms with van der Waals surface area (Å²) in [4.78, 5) is 24.0. The Morgan fingerprint density at radius 3 is 1.83 bits per heavy atom. The van der Waals surface area contributed by atoms with Crippen LogP contribution in [0.25, 0.3) is 0 Å². The molecule has 2 aliphatic rings. The molecule has 1 aromatic heterocycles. The summed E-state index contributed by atoms with van der Waals surface area (Å²) < 4.78 is 97.9. The highest BCUT2D eigenvalue weighted by atomic mass is 32.2. The molecule has 1 atom stereocenters. The van der Waals surface area contributed by atoms with Crippen molar-refractivity contribution in [1.29, 1.82) is 0 Å². The van der Waals surface area contributed by atoms with Gasteiger partial charge in [-0.2, -0.15) is 30.6 Å². The predicted octanol–water partition coefficient (Wildman–Crippen LogP) is 1.56. The first kappa shape index (κ1) is 31.6. The molecule has 3 rings (SSSR count). The molecule has 0 saturated carbocycles. The molecule has 0 aliphatic carbocycles. The molecule has 208 valence electrons. The van der Waals surface area contributed by atoms with Crippen molar-refractivity contribution in [3.8, 4) is 0 Å². The number of ether oxygens (including phenoxy) is 1. The summed E-state index contributed by atoms with van der Waals surface area (Å²) in [5.41, 5.74) is -0.148. The van der Waals surface area contributed by atoms with E-state index in [1.165, 1.54) is 10.6 Å². The summed E-state index contributed by atoms with van der Waals surface area (Å²) in [5, 5.41) is 14.4. The minimum atomic E-state index is -5.08. The molecule has 0 aromatic carbocycles. The molecule has 0 amide bonds. The van der Waals surface area contributed by atoms with Crippen molar-refractivity contribution in [3.63, 3.8) is 0 Å². The fourth-order valence-electron chi connectivity index (χ4n) is 3.29. The van der Waals surface area contributed by atoms with Gasteiger partial charge in [-0.3, -0.25) is 0 Å². The molecule has 2 aliphatic heterocycles. The van der Waals surface area contributed by atoms with Crippen molar-refractivity contribution in [3.05, 3.63) is 12.5 Å². The number of halogens is 6. The van der Waals surface area contributed by atoms with Gasteiger partial charge in [-0.1, -0.05) is 0 Å². The molecule has 1 unspecified atom stereocenters. The minimum absolute atomic E-state index is 0.129. The van der Waals surface area contributed by atoms with Crippen LogP contribution in [-0.4, -0.2) is 107 Å². The van der Waals surface area contributed by atoms with Gasteiger partial charge in [0.05, 0.1) is 18.5 Å². The topological polar surface area (TPSA) is 142 Å². The first-order chi connectivity index (χ1) is 16.2. The number of carbonyl (C=O) groups is 2. The Morgan fingerprint density at radius 2 is 1.53 bits per heavy atom. The van der Waals surface area contributed by atoms with Crippen LogP contribution in [0, 0.1) is 0 Å². The molecule has 0 bridgehead atoms. The number of aryl methyl sites for hydroxylation is 1. The number of aromatic nitrogens is 2. The molecule has 2 N–H and O–H groups in total. The quantitative estimate of drug-likeness (QED) is 0.531. The normalized spacial score (nSPS) is 20.3. The molecule has 0 radical (unpaired) electrons. The monoisotopic (exact) mass is 556 g/mol. The zero-order valence-electron chi connectivity index (χ0n) is 19.4. The number of alkyl halides is 6. The van der Waals surface area contributed by atoms with Gasteiger partial charge in [-0.05, 0) is 33.4 Å². The fourth-order valence-corrected chi connectivity index (χ4v) is 4.70. The molecule has 36 heavy (non-hydrogen) atoms. The van der Waals surface area contributed by atoms with E-state index >= 15 is 0 Å². The highest BCUT2D eigenvalue weighted by Gasteiger charge is 2.45. The van der Waals surface area contributed by atoms with Crippen molar-refractivity contribution in [2.75, 3.05) is 33.8 Å². The highest BCUT2D eigenvalue weighted by Crippen LogP contribution is 2.38. The molecular formula is C18H26F6N4O7S. The van der Waals surface area contributed by atoms with E-state index in [2.05, 4.69) is 24.0 Å². The molecule has 11 nitrogen and oxygen atoms in total. The zero-order valence-corrected chi connectivity index (χ0v) is 20.2. The number of piperidine rings is 1. The van der Waals surface area contributed by atoms with Gasteiger partial charge in [0, 0.05) is 32.4 Å². The summed E-state index contributed by atoms with van der Waals surface area (Å²) in [5.74, 6) is -5.51. The standard InChI is InChI=1S/C14H24N4O3S.2C2HF3O2/c1-16(2)12-8-14(21-10-12)4-6-18(7-5-14)22(19,20)13-9-17(3)11-15-13;2*3-2(4,5)1(6)7/h9,11-12H,4-8,10H2,1-3H3;2*(H,6,7). The van der Waals surface area contributed by atoms with Crippen LogP contribution < -0.4 is 0 Å². The minimum Gasteiger partial charge on any atom is -0.475 e. The number of rotatable bonds is 3. The van der Waals surface area contributed by atoms with Crippen LogP contribution in [0.5, 0.6) is 0 Å². The van der Waals surface area contributed by atoms with E-state index in [0.717, 1.165) is 25.9 Å². The van der Waals surface area contributed by atoms with Crippen molar-refractivity contribution in [2.24, 2.45) is 7.05 Å². The van der Waals surface area contributed by atoms with Crippen molar-refractivity contribution in [2.45, 2.75) is 48.3 Å². The fraction of sp³-hybridized carbons (Fsp3) is 0.722. The van der Waals surface area contributed by atoms with Crippen molar-refractivity contribution < 1.29 is 59.3 Å². The third kappa shape index (κ3) is 8.90. The van der Waals surface area contributed by atoms with E-state index in [1.807, 2.05) is 0 Å².